The van der Waals surface area contributed by atoms with E-state index in [4.69, 9.17) is 28.4 Å². The van der Waals surface area contributed by atoms with Crippen molar-refractivity contribution < 1.29 is 54.0 Å². The molecule has 6 unspecified atom stereocenters. The molecule has 0 spiro atoms. The SMILES string of the molecule is CNCC(CCO)OC1c2cc(OC)c3cc(O)ccc3c2OC(CCCOC)C1C1COc2c(Cc3cc(O)ccc3-c3cccc(O)c3)cc(OC3CCCC3)cc2C1O. The zero-order valence-corrected chi connectivity index (χ0v) is 35.7. The van der Waals surface area contributed by atoms with Crippen LogP contribution in [0.15, 0.2) is 78.9 Å². The van der Waals surface area contributed by atoms with Gasteiger partial charge in [-0.25, -0.2) is 0 Å². The molecule has 3 aliphatic rings. The van der Waals surface area contributed by atoms with Crippen molar-refractivity contribution in [1.29, 1.82) is 0 Å². The second kappa shape index (κ2) is 19.4. The molecular formula is C50H59NO11. The Labute approximate surface area is 362 Å². The molecule has 0 aromatic heterocycles. The van der Waals surface area contributed by atoms with E-state index >= 15 is 0 Å². The van der Waals surface area contributed by atoms with Crippen LogP contribution in [-0.4, -0.2) is 91.5 Å². The molecule has 1 aliphatic carbocycles. The number of aromatic hydroxyl groups is 3. The summed E-state index contributed by atoms with van der Waals surface area (Å²) in [6.45, 7) is 1.05. The molecule has 8 rings (SSSR count). The van der Waals surface area contributed by atoms with E-state index in [2.05, 4.69) is 5.32 Å². The highest BCUT2D eigenvalue weighted by molar-refractivity contribution is 5.96. The van der Waals surface area contributed by atoms with Crippen LogP contribution in [0.4, 0.5) is 0 Å². The average molecular weight is 850 g/mol. The summed E-state index contributed by atoms with van der Waals surface area (Å²) in [7, 11) is 5.11. The number of phenolic OH excluding ortho intramolecular Hbond substituents is 3. The molecule has 330 valence electrons. The molecular weight excluding hydrogens is 791 g/mol. The summed E-state index contributed by atoms with van der Waals surface area (Å²) in [6.07, 6.45) is 3.60. The first-order valence-corrected chi connectivity index (χ1v) is 21.8. The Bertz CT molecular complexity index is 2320. The van der Waals surface area contributed by atoms with Gasteiger partial charge in [-0.05, 0) is 129 Å². The van der Waals surface area contributed by atoms with E-state index in [1.165, 1.54) is 0 Å². The highest BCUT2D eigenvalue weighted by atomic mass is 16.5. The van der Waals surface area contributed by atoms with E-state index < -0.39 is 30.1 Å². The van der Waals surface area contributed by atoms with Gasteiger partial charge in [-0.2, -0.15) is 0 Å². The molecule has 0 bridgehead atoms. The standard InChI is InChI=1S/C50H59NO11/c1-51-27-36(17-18-52)61-50-42-26-45(58-3)40-24-34(55)14-16-39(40)49(42)62-44(12-7-19-57-2)46(50)43-28-59-48-31(23-37(25-41(48)47(43)56)60-35-10-4-5-11-35)20-30-22-33(54)13-15-38(30)29-8-6-9-32(53)21-29/h6,8-9,13-16,21-26,35-36,43-44,46-47,50-56H,4-5,7,10-12,17-20,27-28H2,1-3H3. The molecule has 0 amide bonds. The quantitative estimate of drug-likeness (QED) is 0.0498. The molecule has 12 heteroatoms. The van der Waals surface area contributed by atoms with Gasteiger partial charge in [0.15, 0.2) is 0 Å². The van der Waals surface area contributed by atoms with Gasteiger partial charge in [0.1, 0.15) is 46.4 Å². The molecule has 12 nitrogen and oxygen atoms in total. The second-order valence-corrected chi connectivity index (χ2v) is 16.9. The Morgan fingerprint density at radius 1 is 0.839 bits per heavy atom. The van der Waals surface area contributed by atoms with Crippen LogP contribution >= 0.6 is 0 Å². The van der Waals surface area contributed by atoms with Gasteiger partial charge in [-0.3, -0.25) is 0 Å². The van der Waals surface area contributed by atoms with Gasteiger partial charge in [-0.1, -0.05) is 18.2 Å². The number of hydrogen-bond donors (Lipinski definition) is 6. The van der Waals surface area contributed by atoms with Gasteiger partial charge in [-0.15, -0.1) is 0 Å². The first kappa shape index (κ1) is 43.4. The third kappa shape index (κ3) is 9.12. The number of methoxy groups -OCH3 is 2. The number of likely N-dealkylation sites (N-methyl/N-ethyl adjacent to an activating group) is 1. The monoisotopic (exact) mass is 849 g/mol. The number of phenols is 3. The van der Waals surface area contributed by atoms with Crippen LogP contribution in [0.5, 0.6) is 40.2 Å². The Kier molecular flexibility index (Phi) is 13.6. The number of ether oxygens (including phenoxy) is 6. The van der Waals surface area contributed by atoms with Crippen molar-refractivity contribution in [3.05, 3.63) is 101 Å². The molecule has 6 atom stereocenters. The van der Waals surface area contributed by atoms with Crippen molar-refractivity contribution in [2.45, 2.75) is 81.9 Å². The number of aliphatic hydroxyl groups is 2. The van der Waals surface area contributed by atoms with E-state index in [-0.39, 0.29) is 42.7 Å². The Hall–Kier alpha value is -5.24. The zero-order chi connectivity index (χ0) is 43.3. The molecule has 6 N–H and O–H groups in total. The summed E-state index contributed by atoms with van der Waals surface area (Å²) in [5.74, 6) is 1.72. The van der Waals surface area contributed by atoms with Gasteiger partial charge in [0.25, 0.3) is 0 Å². The molecule has 62 heavy (non-hydrogen) atoms. The minimum absolute atomic E-state index is 0.0514. The summed E-state index contributed by atoms with van der Waals surface area (Å²) in [5, 5.41) is 59.4. The number of rotatable bonds is 17. The van der Waals surface area contributed by atoms with Gasteiger partial charge in [0.2, 0.25) is 0 Å². The molecule has 1 fully saturated rings. The Morgan fingerprint density at radius 2 is 1.63 bits per heavy atom. The largest absolute Gasteiger partial charge is 0.508 e. The van der Waals surface area contributed by atoms with Crippen molar-refractivity contribution in [3.63, 3.8) is 0 Å². The molecule has 5 aromatic carbocycles. The molecule has 1 saturated carbocycles. The first-order chi connectivity index (χ1) is 30.2. The Morgan fingerprint density at radius 3 is 2.39 bits per heavy atom. The lowest BCUT2D eigenvalue weighted by Crippen LogP contribution is -2.48. The fourth-order valence-electron chi connectivity index (χ4n) is 9.85. The van der Waals surface area contributed by atoms with Crippen LogP contribution < -0.4 is 24.3 Å². The summed E-state index contributed by atoms with van der Waals surface area (Å²) < 4.78 is 39.2. The Balaban J connectivity index is 1.25. The van der Waals surface area contributed by atoms with Gasteiger partial charge in [0, 0.05) is 72.6 Å². The van der Waals surface area contributed by atoms with E-state index in [1.54, 1.807) is 56.7 Å². The normalized spacial score (nSPS) is 21.5. The third-order valence-corrected chi connectivity index (χ3v) is 12.7. The van der Waals surface area contributed by atoms with Crippen LogP contribution in [0.1, 0.15) is 79.4 Å². The summed E-state index contributed by atoms with van der Waals surface area (Å²) >= 11 is 0. The maximum absolute atomic E-state index is 12.9. The number of fused-ring (bicyclic) bond motifs is 4. The zero-order valence-electron chi connectivity index (χ0n) is 35.7. The smallest absolute Gasteiger partial charge is 0.133 e. The van der Waals surface area contributed by atoms with Crippen molar-refractivity contribution >= 4 is 10.8 Å². The predicted octanol–water partition coefficient (Wildman–Crippen LogP) is 8.12. The molecule has 2 heterocycles. The van der Waals surface area contributed by atoms with E-state index in [1.807, 2.05) is 43.4 Å². The van der Waals surface area contributed by atoms with E-state index in [9.17, 15) is 25.5 Å². The van der Waals surface area contributed by atoms with Gasteiger partial charge < -0.3 is 59.3 Å². The summed E-state index contributed by atoms with van der Waals surface area (Å²) in [4.78, 5) is 0. The predicted molar refractivity (Wildman–Crippen MR) is 236 cm³/mol. The van der Waals surface area contributed by atoms with Crippen molar-refractivity contribution in [2.75, 3.05) is 47.6 Å². The highest BCUT2D eigenvalue weighted by Gasteiger charge is 2.50. The lowest BCUT2D eigenvalue weighted by molar-refractivity contribution is -0.135. The summed E-state index contributed by atoms with van der Waals surface area (Å²) in [6, 6.07) is 23.2. The number of nitrogens with one attached hydrogen (secondary N) is 1. The lowest BCUT2D eigenvalue weighted by Gasteiger charge is -2.47. The molecule has 0 radical (unpaired) electrons. The van der Waals surface area contributed by atoms with Crippen LogP contribution in [0, 0.1) is 11.8 Å². The van der Waals surface area contributed by atoms with Crippen molar-refractivity contribution in [3.8, 4) is 51.4 Å². The van der Waals surface area contributed by atoms with E-state index in [0.29, 0.717) is 72.8 Å². The minimum Gasteiger partial charge on any atom is -0.508 e. The number of hydrogen-bond acceptors (Lipinski definition) is 12. The average Bonchev–Trinajstić information content (AvgIpc) is 3.77. The van der Waals surface area contributed by atoms with Crippen molar-refractivity contribution in [1.82, 2.24) is 5.32 Å². The van der Waals surface area contributed by atoms with Crippen LogP contribution in [-0.2, 0) is 15.9 Å². The maximum Gasteiger partial charge on any atom is 0.133 e. The minimum atomic E-state index is -1.04. The topological polar surface area (TPSA) is 169 Å². The molecule has 5 aromatic rings. The summed E-state index contributed by atoms with van der Waals surface area (Å²) in [5.41, 5.74) is 4.60. The van der Waals surface area contributed by atoms with Gasteiger partial charge >= 0.3 is 0 Å². The number of aliphatic hydroxyl groups excluding tert-OH is 2. The first-order valence-electron chi connectivity index (χ1n) is 21.8. The second-order valence-electron chi connectivity index (χ2n) is 16.9. The van der Waals surface area contributed by atoms with E-state index in [0.717, 1.165) is 58.9 Å². The third-order valence-electron chi connectivity index (χ3n) is 12.7. The fraction of sp³-hybridized carbons (Fsp3) is 0.440. The fourth-order valence-corrected chi connectivity index (χ4v) is 9.85. The highest BCUT2D eigenvalue weighted by Crippen LogP contribution is 2.55. The van der Waals surface area contributed by atoms with Crippen LogP contribution in [0.25, 0.3) is 21.9 Å². The lowest BCUT2D eigenvalue weighted by atomic mass is 9.72. The molecule has 0 saturated heterocycles. The van der Waals surface area contributed by atoms with Crippen LogP contribution in [0.3, 0.4) is 0 Å². The molecule has 2 aliphatic heterocycles. The maximum atomic E-state index is 12.9. The van der Waals surface area contributed by atoms with Gasteiger partial charge in [0.05, 0.1) is 38.1 Å². The van der Waals surface area contributed by atoms with Crippen molar-refractivity contribution in [2.24, 2.45) is 11.8 Å². The van der Waals surface area contributed by atoms with Crippen LogP contribution in [0.2, 0.25) is 0 Å². The number of benzene rings is 5.